The molecule has 7 nitrogen and oxygen atoms in total. The molecule has 0 aliphatic heterocycles. The second kappa shape index (κ2) is 12.1. The highest BCUT2D eigenvalue weighted by Crippen LogP contribution is 2.32. The summed E-state index contributed by atoms with van der Waals surface area (Å²) in [6.45, 7) is 3.28. The SMILES string of the molecule is CCCNC(=O)[C@H](CC)N(Cc1ccccc1)C(=O)CN(c1cccc(C(F)(F)F)c1)S(C)(=O)=O. The Bertz CT molecular complexity index is 1110. The van der Waals surface area contributed by atoms with Gasteiger partial charge in [0.25, 0.3) is 0 Å². The van der Waals surface area contributed by atoms with Crippen LogP contribution in [0.2, 0.25) is 0 Å². The summed E-state index contributed by atoms with van der Waals surface area (Å²) in [5.41, 5.74) is -0.617. The number of amides is 2. The molecule has 0 heterocycles. The monoisotopic (exact) mass is 513 g/mol. The van der Waals surface area contributed by atoms with Crippen molar-refractivity contribution < 1.29 is 31.2 Å². The summed E-state index contributed by atoms with van der Waals surface area (Å²) < 4.78 is 65.3. The fourth-order valence-corrected chi connectivity index (χ4v) is 4.36. The quantitative estimate of drug-likeness (QED) is 0.495. The van der Waals surface area contributed by atoms with Gasteiger partial charge in [0.2, 0.25) is 21.8 Å². The first-order valence-electron chi connectivity index (χ1n) is 11.1. The lowest BCUT2D eigenvalue weighted by Crippen LogP contribution is -2.52. The van der Waals surface area contributed by atoms with Crippen molar-refractivity contribution in [3.8, 4) is 0 Å². The first kappa shape index (κ1) is 28.2. The van der Waals surface area contributed by atoms with E-state index in [4.69, 9.17) is 0 Å². The van der Waals surface area contributed by atoms with Gasteiger partial charge < -0.3 is 10.2 Å². The van der Waals surface area contributed by atoms with Crippen LogP contribution in [0.3, 0.4) is 0 Å². The fourth-order valence-electron chi connectivity index (χ4n) is 3.52. The molecule has 0 aliphatic rings. The molecular formula is C24H30F3N3O4S. The van der Waals surface area contributed by atoms with Crippen LogP contribution in [-0.4, -0.2) is 50.5 Å². The van der Waals surface area contributed by atoms with Gasteiger partial charge in [0.1, 0.15) is 12.6 Å². The third kappa shape index (κ3) is 7.98. The maximum atomic E-state index is 13.5. The van der Waals surface area contributed by atoms with Crippen molar-refractivity contribution in [3.63, 3.8) is 0 Å². The predicted octanol–water partition coefficient (Wildman–Crippen LogP) is 3.81. The van der Waals surface area contributed by atoms with Crippen LogP contribution in [0.15, 0.2) is 54.6 Å². The van der Waals surface area contributed by atoms with Crippen molar-refractivity contribution in [2.24, 2.45) is 0 Å². The molecule has 0 saturated heterocycles. The first-order valence-corrected chi connectivity index (χ1v) is 13.0. The molecule has 1 N–H and O–H groups in total. The number of carbonyl (C=O) groups is 2. The van der Waals surface area contributed by atoms with Gasteiger partial charge in [-0.15, -0.1) is 0 Å². The Morgan fingerprint density at radius 3 is 2.23 bits per heavy atom. The number of sulfonamides is 1. The zero-order chi connectivity index (χ0) is 26.2. The maximum absolute atomic E-state index is 13.5. The Kier molecular flexibility index (Phi) is 9.70. The standard InChI is InChI=1S/C24H30F3N3O4S/c1-4-14-28-23(32)21(5-2)29(16-18-10-7-6-8-11-18)22(31)17-30(35(3,33)34)20-13-9-12-19(15-20)24(25,26)27/h6-13,15,21H,4-5,14,16-17H2,1-3H3,(H,28,32)/t21-/m0/s1. The largest absolute Gasteiger partial charge is 0.416 e. The summed E-state index contributed by atoms with van der Waals surface area (Å²) >= 11 is 0. The van der Waals surface area contributed by atoms with Crippen molar-refractivity contribution >= 4 is 27.5 Å². The summed E-state index contributed by atoms with van der Waals surface area (Å²) in [4.78, 5) is 27.5. The topological polar surface area (TPSA) is 86.8 Å². The van der Waals surface area contributed by atoms with Crippen LogP contribution < -0.4 is 9.62 Å². The highest BCUT2D eigenvalue weighted by Gasteiger charge is 2.34. The smallest absolute Gasteiger partial charge is 0.354 e. The number of alkyl halides is 3. The van der Waals surface area contributed by atoms with Gasteiger partial charge in [0, 0.05) is 13.1 Å². The minimum Gasteiger partial charge on any atom is -0.354 e. The molecule has 0 radical (unpaired) electrons. The molecule has 0 aromatic heterocycles. The third-order valence-electron chi connectivity index (χ3n) is 5.27. The normalized spacial score (nSPS) is 12.6. The highest BCUT2D eigenvalue weighted by atomic mass is 32.2. The third-order valence-corrected chi connectivity index (χ3v) is 6.41. The summed E-state index contributed by atoms with van der Waals surface area (Å²) in [5, 5.41) is 2.75. The molecule has 0 aliphatic carbocycles. The average Bonchev–Trinajstić information content (AvgIpc) is 2.80. The Morgan fingerprint density at radius 1 is 1.03 bits per heavy atom. The molecule has 1 atom stereocenters. The van der Waals surface area contributed by atoms with E-state index < -0.39 is 40.3 Å². The van der Waals surface area contributed by atoms with Crippen molar-refractivity contribution in [2.75, 3.05) is 23.7 Å². The van der Waals surface area contributed by atoms with Gasteiger partial charge in [0.05, 0.1) is 17.5 Å². The summed E-state index contributed by atoms with van der Waals surface area (Å²) in [5.74, 6) is -1.10. The summed E-state index contributed by atoms with van der Waals surface area (Å²) in [6, 6.07) is 11.7. The molecular weight excluding hydrogens is 483 g/mol. The zero-order valence-corrected chi connectivity index (χ0v) is 20.7. The van der Waals surface area contributed by atoms with Crippen LogP contribution in [-0.2, 0) is 32.3 Å². The number of hydrogen-bond acceptors (Lipinski definition) is 4. The fraction of sp³-hybridized carbons (Fsp3) is 0.417. The van der Waals surface area contributed by atoms with E-state index in [1.54, 1.807) is 37.3 Å². The molecule has 2 amide bonds. The molecule has 0 spiro atoms. The number of hydrogen-bond donors (Lipinski definition) is 1. The van der Waals surface area contributed by atoms with Gasteiger partial charge in [-0.1, -0.05) is 50.2 Å². The van der Waals surface area contributed by atoms with Crippen molar-refractivity contribution in [3.05, 3.63) is 65.7 Å². The van der Waals surface area contributed by atoms with Crippen LogP contribution >= 0.6 is 0 Å². The van der Waals surface area contributed by atoms with Gasteiger partial charge in [-0.3, -0.25) is 13.9 Å². The lowest BCUT2D eigenvalue weighted by atomic mass is 10.1. The molecule has 0 unspecified atom stereocenters. The second-order valence-corrected chi connectivity index (χ2v) is 9.95. The molecule has 2 aromatic rings. The number of nitrogens with one attached hydrogen (secondary N) is 1. The predicted molar refractivity (Wildman–Crippen MR) is 128 cm³/mol. The van der Waals surface area contributed by atoms with Gasteiger partial charge in [-0.05, 0) is 36.6 Å². The van der Waals surface area contributed by atoms with E-state index >= 15 is 0 Å². The maximum Gasteiger partial charge on any atom is 0.416 e. The number of halogens is 3. The molecule has 35 heavy (non-hydrogen) atoms. The zero-order valence-electron chi connectivity index (χ0n) is 19.9. The average molecular weight is 514 g/mol. The van der Waals surface area contributed by atoms with Gasteiger partial charge in [0.15, 0.2) is 0 Å². The molecule has 2 aromatic carbocycles. The summed E-state index contributed by atoms with van der Waals surface area (Å²) in [7, 11) is -4.13. The van der Waals surface area contributed by atoms with E-state index in [9.17, 15) is 31.2 Å². The minimum atomic E-state index is -4.69. The van der Waals surface area contributed by atoms with Crippen LogP contribution in [0.1, 0.15) is 37.8 Å². The van der Waals surface area contributed by atoms with Crippen LogP contribution in [0.25, 0.3) is 0 Å². The Balaban J connectivity index is 2.45. The Labute approximate surface area is 204 Å². The molecule has 192 valence electrons. The van der Waals surface area contributed by atoms with E-state index in [0.717, 1.165) is 18.4 Å². The first-order chi connectivity index (χ1) is 16.4. The van der Waals surface area contributed by atoms with Crippen LogP contribution in [0, 0.1) is 0 Å². The Hall–Kier alpha value is -3.08. The number of anilines is 1. The minimum absolute atomic E-state index is 0.0257. The van der Waals surface area contributed by atoms with Gasteiger partial charge in [-0.2, -0.15) is 13.2 Å². The number of carbonyl (C=O) groups excluding carboxylic acids is 2. The number of benzene rings is 2. The van der Waals surface area contributed by atoms with Crippen molar-refractivity contribution in [1.82, 2.24) is 10.2 Å². The van der Waals surface area contributed by atoms with E-state index in [2.05, 4.69) is 5.32 Å². The van der Waals surface area contributed by atoms with E-state index in [-0.39, 0.29) is 24.6 Å². The van der Waals surface area contributed by atoms with E-state index in [1.807, 2.05) is 6.92 Å². The van der Waals surface area contributed by atoms with E-state index in [0.29, 0.717) is 28.9 Å². The number of rotatable bonds is 11. The highest BCUT2D eigenvalue weighted by molar-refractivity contribution is 7.92. The second-order valence-electron chi connectivity index (χ2n) is 8.04. The van der Waals surface area contributed by atoms with Crippen LogP contribution in [0.5, 0.6) is 0 Å². The van der Waals surface area contributed by atoms with Gasteiger partial charge in [-0.25, -0.2) is 8.42 Å². The van der Waals surface area contributed by atoms with Crippen LogP contribution in [0.4, 0.5) is 18.9 Å². The lowest BCUT2D eigenvalue weighted by Gasteiger charge is -2.33. The molecule has 0 saturated carbocycles. The molecule has 11 heteroatoms. The Morgan fingerprint density at radius 2 is 1.69 bits per heavy atom. The summed E-state index contributed by atoms with van der Waals surface area (Å²) in [6.07, 6.45) is -2.93. The molecule has 0 bridgehead atoms. The lowest BCUT2D eigenvalue weighted by molar-refractivity contribution is -0.140. The van der Waals surface area contributed by atoms with Crippen molar-refractivity contribution in [2.45, 2.75) is 45.5 Å². The molecule has 0 fully saturated rings. The molecule has 2 rings (SSSR count). The van der Waals surface area contributed by atoms with E-state index in [1.165, 1.54) is 11.0 Å². The van der Waals surface area contributed by atoms with Crippen molar-refractivity contribution in [1.29, 1.82) is 0 Å². The van der Waals surface area contributed by atoms with Gasteiger partial charge >= 0.3 is 6.18 Å². The number of nitrogens with zero attached hydrogens (tertiary/aromatic N) is 2.